The van der Waals surface area contributed by atoms with Crippen molar-refractivity contribution < 1.29 is 14.3 Å². The molecule has 0 bridgehead atoms. The molecule has 0 fully saturated rings. The lowest BCUT2D eigenvalue weighted by Crippen LogP contribution is -2.13. The van der Waals surface area contributed by atoms with Crippen molar-refractivity contribution in [1.82, 2.24) is 19.5 Å². The second-order valence-electron chi connectivity index (χ2n) is 6.56. The summed E-state index contributed by atoms with van der Waals surface area (Å²) in [7, 11) is 0. The van der Waals surface area contributed by atoms with Crippen LogP contribution in [-0.2, 0) is 16.1 Å². The van der Waals surface area contributed by atoms with E-state index in [1.54, 1.807) is 11.5 Å². The lowest BCUT2D eigenvalue weighted by molar-refractivity contribution is -0.143. The molecule has 2 N–H and O–H groups in total. The molecule has 150 valence electrons. The number of ether oxygens (including phenoxy) is 2. The minimum absolute atomic E-state index is 0.0261. The van der Waals surface area contributed by atoms with E-state index in [0.29, 0.717) is 30.3 Å². The van der Waals surface area contributed by atoms with Crippen LogP contribution in [0.5, 0.6) is 5.88 Å². The fourth-order valence-electron chi connectivity index (χ4n) is 2.90. The highest BCUT2D eigenvalue weighted by Gasteiger charge is 2.15. The van der Waals surface area contributed by atoms with Gasteiger partial charge in [0.15, 0.2) is 11.2 Å². The fraction of sp³-hybridized carbons (Fsp3) is 0.684. The molecule has 0 atom stereocenters. The van der Waals surface area contributed by atoms with Gasteiger partial charge in [0.25, 0.3) is 0 Å². The number of imidazole rings is 1. The van der Waals surface area contributed by atoms with Crippen LogP contribution in [0, 0.1) is 0 Å². The van der Waals surface area contributed by atoms with E-state index in [4.69, 9.17) is 15.2 Å². The zero-order chi connectivity index (χ0) is 19.5. The van der Waals surface area contributed by atoms with Gasteiger partial charge in [0.05, 0.1) is 19.5 Å². The third-order valence-corrected chi connectivity index (χ3v) is 4.29. The Morgan fingerprint density at radius 3 is 2.48 bits per heavy atom. The molecule has 0 unspecified atom stereocenters. The molecule has 0 saturated heterocycles. The Balaban J connectivity index is 1.85. The van der Waals surface area contributed by atoms with Crippen LogP contribution in [0.1, 0.15) is 65.2 Å². The van der Waals surface area contributed by atoms with Crippen LogP contribution in [0.15, 0.2) is 6.33 Å². The monoisotopic (exact) mass is 377 g/mol. The summed E-state index contributed by atoms with van der Waals surface area (Å²) in [6, 6.07) is 0. The Hall–Kier alpha value is -2.38. The molecule has 0 spiro atoms. The molecule has 0 aromatic carbocycles. The van der Waals surface area contributed by atoms with E-state index >= 15 is 0 Å². The minimum Gasteiger partial charge on any atom is -0.476 e. The van der Waals surface area contributed by atoms with Crippen LogP contribution in [0.25, 0.3) is 11.2 Å². The molecule has 0 saturated carbocycles. The van der Waals surface area contributed by atoms with Gasteiger partial charge in [-0.2, -0.15) is 9.97 Å². The number of esters is 1. The van der Waals surface area contributed by atoms with Gasteiger partial charge >= 0.3 is 5.97 Å². The summed E-state index contributed by atoms with van der Waals surface area (Å²) in [5.74, 6) is 0.109. The van der Waals surface area contributed by atoms with Gasteiger partial charge < -0.3 is 19.8 Å². The van der Waals surface area contributed by atoms with Gasteiger partial charge in [0, 0.05) is 0 Å². The van der Waals surface area contributed by atoms with Crippen molar-refractivity contribution >= 4 is 23.1 Å². The van der Waals surface area contributed by atoms with E-state index in [-0.39, 0.29) is 18.5 Å². The summed E-state index contributed by atoms with van der Waals surface area (Å²) < 4.78 is 12.3. The first-order valence-corrected chi connectivity index (χ1v) is 9.92. The van der Waals surface area contributed by atoms with E-state index in [1.807, 2.05) is 0 Å². The number of unbranched alkanes of at least 4 members (excludes halogenated alkanes) is 7. The Bertz CT molecular complexity index is 717. The number of hydrogen-bond donors (Lipinski definition) is 1. The van der Waals surface area contributed by atoms with Gasteiger partial charge in [0.2, 0.25) is 11.8 Å². The molecule has 27 heavy (non-hydrogen) atoms. The third kappa shape index (κ3) is 6.69. The molecule has 2 aromatic rings. The molecule has 8 nitrogen and oxygen atoms in total. The number of nitrogens with two attached hydrogens (primary N) is 1. The number of fused-ring (bicyclic) bond motifs is 1. The van der Waals surface area contributed by atoms with Gasteiger partial charge in [-0.05, 0) is 13.3 Å². The summed E-state index contributed by atoms with van der Waals surface area (Å²) in [5, 5.41) is 0. The average Bonchev–Trinajstić information content (AvgIpc) is 3.03. The van der Waals surface area contributed by atoms with Crippen LogP contribution in [0.4, 0.5) is 5.95 Å². The number of rotatable bonds is 13. The van der Waals surface area contributed by atoms with Crippen LogP contribution in [0.3, 0.4) is 0 Å². The highest BCUT2D eigenvalue weighted by atomic mass is 16.5. The van der Waals surface area contributed by atoms with Gasteiger partial charge in [-0.3, -0.25) is 4.79 Å². The number of nitrogen functional groups attached to an aromatic ring is 1. The largest absolute Gasteiger partial charge is 0.476 e. The SMILES string of the molecule is CCCCCCCCCCOc1nc(N)nc2c1ncn2CC(=O)OCC. The maximum atomic E-state index is 11.7. The molecule has 0 aliphatic carbocycles. The highest BCUT2D eigenvalue weighted by molar-refractivity contribution is 5.79. The Morgan fingerprint density at radius 1 is 1.07 bits per heavy atom. The van der Waals surface area contributed by atoms with Crippen LogP contribution in [0.2, 0.25) is 0 Å². The highest BCUT2D eigenvalue weighted by Crippen LogP contribution is 2.22. The second kappa shape index (κ2) is 11.4. The molecular formula is C19H31N5O3. The van der Waals surface area contributed by atoms with Crippen LogP contribution >= 0.6 is 0 Å². The molecule has 8 heteroatoms. The smallest absolute Gasteiger partial charge is 0.326 e. The van der Waals surface area contributed by atoms with Crippen LogP contribution in [-0.4, -0.2) is 38.7 Å². The second-order valence-corrected chi connectivity index (χ2v) is 6.56. The van der Waals surface area contributed by atoms with E-state index < -0.39 is 0 Å². The van der Waals surface area contributed by atoms with E-state index in [2.05, 4.69) is 21.9 Å². The van der Waals surface area contributed by atoms with E-state index in [9.17, 15) is 4.79 Å². The number of nitrogens with zero attached hydrogens (tertiary/aromatic N) is 4. The summed E-state index contributed by atoms with van der Waals surface area (Å²) in [6.45, 7) is 4.91. The third-order valence-electron chi connectivity index (χ3n) is 4.29. The molecule has 0 amide bonds. The number of anilines is 1. The van der Waals surface area contributed by atoms with Crippen molar-refractivity contribution in [2.45, 2.75) is 71.8 Å². The standard InChI is InChI=1S/C19H31N5O3/c1-3-5-6-7-8-9-10-11-12-27-18-16-17(22-19(20)23-18)24(14-21-16)13-15(25)26-4-2/h14H,3-13H2,1-2H3,(H2,20,22,23). The van der Waals surface area contributed by atoms with Crippen LogP contribution < -0.4 is 10.5 Å². The van der Waals surface area contributed by atoms with Gasteiger partial charge in [-0.15, -0.1) is 0 Å². The van der Waals surface area contributed by atoms with Gasteiger partial charge in [-0.25, -0.2) is 4.98 Å². The maximum Gasteiger partial charge on any atom is 0.326 e. The lowest BCUT2D eigenvalue weighted by atomic mass is 10.1. The van der Waals surface area contributed by atoms with E-state index in [1.165, 1.54) is 44.9 Å². The van der Waals surface area contributed by atoms with Crippen molar-refractivity contribution in [3.63, 3.8) is 0 Å². The van der Waals surface area contributed by atoms with Crippen molar-refractivity contribution in [3.8, 4) is 5.88 Å². The molecule has 0 aliphatic rings. The van der Waals surface area contributed by atoms with Crippen molar-refractivity contribution in [2.24, 2.45) is 0 Å². The predicted octanol–water partition coefficient (Wildman–Crippen LogP) is 3.49. The summed E-state index contributed by atoms with van der Waals surface area (Å²) in [5.41, 5.74) is 6.77. The van der Waals surface area contributed by atoms with Crippen molar-refractivity contribution in [2.75, 3.05) is 18.9 Å². The number of carbonyl (C=O) groups excluding carboxylic acids is 1. The normalized spacial score (nSPS) is 11.0. The Labute approximate surface area is 160 Å². The summed E-state index contributed by atoms with van der Waals surface area (Å²) in [6.07, 6.45) is 11.4. The average molecular weight is 377 g/mol. The first kappa shape index (κ1) is 20.9. The zero-order valence-electron chi connectivity index (χ0n) is 16.4. The number of hydrogen-bond acceptors (Lipinski definition) is 7. The molecule has 2 aromatic heterocycles. The number of aromatic nitrogens is 4. The maximum absolute atomic E-state index is 11.7. The number of carbonyl (C=O) groups is 1. The zero-order valence-corrected chi connectivity index (χ0v) is 16.4. The predicted molar refractivity (Wildman–Crippen MR) is 104 cm³/mol. The molecule has 2 heterocycles. The van der Waals surface area contributed by atoms with Gasteiger partial charge in [0.1, 0.15) is 6.54 Å². The Kier molecular flexibility index (Phi) is 8.80. The first-order chi connectivity index (χ1) is 13.2. The topological polar surface area (TPSA) is 105 Å². The fourth-order valence-corrected chi connectivity index (χ4v) is 2.90. The first-order valence-electron chi connectivity index (χ1n) is 9.92. The molecule has 0 radical (unpaired) electrons. The van der Waals surface area contributed by atoms with Gasteiger partial charge in [-0.1, -0.05) is 51.9 Å². The summed E-state index contributed by atoms with van der Waals surface area (Å²) in [4.78, 5) is 24.3. The molecular weight excluding hydrogens is 346 g/mol. The lowest BCUT2D eigenvalue weighted by Gasteiger charge is -2.07. The summed E-state index contributed by atoms with van der Waals surface area (Å²) >= 11 is 0. The van der Waals surface area contributed by atoms with Crippen molar-refractivity contribution in [1.29, 1.82) is 0 Å². The van der Waals surface area contributed by atoms with E-state index in [0.717, 1.165) is 12.8 Å². The Morgan fingerprint density at radius 2 is 1.78 bits per heavy atom. The van der Waals surface area contributed by atoms with Crippen molar-refractivity contribution in [3.05, 3.63) is 6.33 Å². The molecule has 2 rings (SSSR count). The quantitative estimate of drug-likeness (QED) is 0.421. The minimum atomic E-state index is -0.351. The molecule has 0 aliphatic heterocycles.